The molecule has 0 radical (unpaired) electrons. The third-order valence-corrected chi connectivity index (χ3v) is 2.30. The normalized spacial score (nSPS) is 24.2. The molecule has 0 saturated carbocycles. The Morgan fingerprint density at radius 2 is 2.56 bits per heavy atom. The second kappa shape index (κ2) is 4.27. The van der Waals surface area contributed by atoms with Crippen molar-refractivity contribution >= 4 is 42.5 Å². The van der Waals surface area contributed by atoms with Crippen LogP contribution in [-0.2, 0) is 0 Å². The van der Waals surface area contributed by atoms with E-state index in [1.165, 1.54) is 0 Å². The molecule has 3 nitrogen and oxygen atoms in total. The summed E-state index contributed by atoms with van der Waals surface area (Å²) in [4.78, 5) is 0. The summed E-state index contributed by atoms with van der Waals surface area (Å²) in [6, 6.07) is 0. The number of nitrogens with two attached hydrogens (primary N) is 1. The van der Waals surface area contributed by atoms with Gasteiger partial charge in [0.1, 0.15) is 5.37 Å². The maximum absolute atomic E-state index is 5.33. The molecule has 54 valence electrons. The van der Waals surface area contributed by atoms with Gasteiger partial charge in [0.15, 0.2) is 0 Å². The number of hydrazone groups is 1. The van der Waals surface area contributed by atoms with Gasteiger partial charge < -0.3 is 5.73 Å². The molecule has 6 heteroatoms. The Hall–Kier alpha value is 0.420. The van der Waals surface area contributed by atoms with Crippen LogP contribution in [0, 0.1) is 0 Å². The summed E-state index contributed by atoms with van der Waals surface area (Å²) in [5, 5.41) is 4.08. The number of hydrogen-bond donors (Lipinski definition) is 2. The molecule has 2 N–H and O–H groups in total. The lowest BCUT2D eigenvalue weighted by atomic mass is 10.7. The van der Waals surface area contributed by atoms with E-state index in [1.54, 1.807) is 21.7 Å². The van der Waals surface area contributed by atoms with Crippen LogP contribution in [0.5, 0.6) is 0 Å². The maximum Gasteiger partial charge on any atom is 0.122 e. The molecule has 1 heterocycles. The first-order chi connectivity index (χ1) is 3.84. The van der Waals surface area contributed by atoms with Gasteiger partial charge in [0.25, 0.3) is 0 Å². The molecule has 0 amide bonds. The second-order valence-corrected chi connectivity index (χ2v) is 2.80. The molecule has 0 aliphatic carbocycles. The Morgan fingerprint density at radius 1 is 1.89 bits per heavy atom. The van der Waals surface area contributed by atoms with Crippen molar-refractivity contribution < 1.29 is 0 Å². The van der Waals surface area contributed by atoms with Crippen LogP contribution < -0.4 is 5.73 Å². The minimum Gasteiger partial charge on any atom is -0.328 e. The van der Waals surface area contributed by atoms with Gasteiger partial charge in [-0.3, -0.25) is 0 Å². The van der Waals surface area contributed by atoms with Crippen molar-refractivity contribution in [1.82, 2.24) is 4.41 Å². The minimum absolute atomic E-state index is 0. The molecule has 9 heavy (non-hydrogen) atoms. The van der Waals surface area contributed by atoms with Crippen molar-refractivity contribution in [2.24, 2.45) is 10.8 Å². The molecule has 0 bridgehead atoms. The van der Waals surface area contributed by atoms with Crippen molar-refractivity contribution in [3.63, 3.8) is 0 Å². The first-order valence-corrected chi connectivity index (χ1v) is 3.55. The number of nitrogens with zero attached hydrogens (tertiary/aromatic N) is 2. The Morgan fingerprint density at radius 3 is 2.78 bits per heavy atom. The van der Waals surface area contributed by atoms with Crippen LogP contribution in [0.25, 0.3) is 0 Å². The summed E-state index contributed by atoms with van der Waals surface area (Å²) >= 11 is 5.59. The first-order valence-electron chi connectivity index (χ1n) is 2.20. The van der Waals surface area contributed by atoms with Gasteiger partial charge in [-0.05, 0) is 12.8 Å². The van der Waals surface area contributed by atoms with E-state index in [1.807, 2.05) is 0 Å². The zero-order valence-corrected chi connectivity index (χ0v) is 7.12. The Labute approximate surface area is 70.0 Å². The van der Waals surface area contributed by atoms with Crippen LogP contribution in [-0.4, -0.2) is 21.9 Å². The van der Waals surface area contributed by atoms with Gasteiger partial charge in [0.2, 0.25) is 0 Å². The lowest BCUT2D eigenvalue weighted by Gasteiger charge is -2.12. The van der Waals surface area contributed by atoms with Crippen LogP contribution in [0.3, 0.4) is 0 Å². The highest BCUT2D eigenvalue weighted by molar-refractivity contribution is 8.13. The van der Waals surface area contributed by atoms with E-state index < -0.39 is 0 Å². The van der Waals surface area contributed by atoms with Gasteiger partial charge >= 0.3 is 0 Å². The fourth-order valence-electron chi connectivity index (χ4n) is 0.424. The minimum atomic E-state index is 0. The van der Waals surface area contributed by atoms with Crippen molar-refractivity contribution in [3.05, 3.63) is 0 Å². The monoisotopic (exact) mass is 185 g/mol. The molecule has 0 aromatic rings. The molecule has 0 aromatic carbocycles. The number of halogens is 1. The smallest absolute Gasteiger partial charge is 0.122 e. The van der Waals surface area contributed by atoms with Gasteiger partial charge in [-0.15, -0.1) is 12.4 Å². The summed E-state index contributed by atoms with van der Waals surface area (Å²) in [5.74, 6) is 0. The third-order valence-electron chi connectivity index (χ3n) is 0.843. The van der Waals surface area contributed by atoms with Crippen molar-refractivity contribution in [2.45, 2.75) is 5.37 Å². The fourth-order valence-corrected chi connectivity index (χ4v) is 1.37. The van der Waals surface area contributed by atoms with E-state index >= 15 is 0 Å². The van der Waals surface area contributed by atoms with Crippen LogP contribution >= 0.6 is 37.0 Å². The molecule has 0 fully saturated rings. The third kappa shape index (κ3) is 2.25. The molecule has 1 aliphatic heterocycles. The second-order valence-electron chi connectivity index (χ2n) is 1.37. The number of hydrogen-bond acceptors (Lipinski definition) is 5. The standard InChI is InChI=1S/C3H7N3S2.ClH/c4-1-3-6(7)5-2-8-3;/h2-3,7H,1,4H2;1H. The van der Waals surface area contributed by atoms with Gasteiger partial charge in [-0.1, -0.05) is 11.8 Å². The van der Waals surface area contributed by atoms with Crippen LogP contribution in [0.4, 0.5) is 0 Å². The lowest BCUT2D eigenvalue weighted by Crippen LogP contribution is -2.24. The van der Waals surface area contributed by atoms with Crippen molar-refractivity contribution in [3.8, 4) is 0 Å². The van der Waals surface area contributed by atoms with E-state index in [9.17, 15) is 0 Å². The van der Waals surface area contributed by atoms with Crippen molar-refractivity contribution in [2.75, 3.05) is 6.54 Å². The molecule has 1 rings (SSSR count). The number of thioether (sulfide) groups is 1. The molecule has 1 unspecified atom stereocenters. The molecule has 1 atom stereocenters. The number of rotatable bonds is 1. The van der Waals surface area contributed by atoms with E-state index in [4.69, 9.17) is 5.73 Å². The predicted molar refractivity (Wildman–Crippen MR) is 47.0 cm³/mol. The highest BCUT2D eigenvalue weighted by atomic mass is 35.5. The van der Waals surface area contributed by atoms with Crippen LogP contribution in [0.15, 0.2) is 5.10 Å². The quantitative estimate of drug-likeness (QED) is 0.586. The van der Waals surface area contributed by atoms with Gasteiger partial charge in [-0.2, -0.15) is 5.10 Å². The highest BCUT2D eigenvalue weighted by Crippen LogP contribution is 2.20. The molecule has 0 spiro atoms. The fraction of sp³-hybridized carbons (Fsp3) is 0.667. The summed E-state index contributed by atoms with van der Waals surface area (Å²) < 4.78 is 1.56. The van der Waals surface area contributed by atoms with E-state index in [0.29, 0.717) is 6.54 Å². The van der Waals surface area contributed by atoms with Crippen molar-refractivity contribution in [1.29, 1.82) is 0 Å². The molecular weight excluding hydrogens is 178 g/mol. The topological polar surface area (TPSA) is 41.6 Å². The van der Waals surface area contributed by atoms with Crippen LogP contribution in [0.2, 0.25) is 0 Å². The summed E-state index contributed by atoms with van der Waals surface area (Å²) in [6.45, 7) is 0.591. The summed E-state index contributed by atoms with van der Waals surface area (Å²) in [5.41, 5.74) is 7.07. The average molecular weight is 186 g/mol. The highest BCUT2D eigenvalue weighted by Gasteiger charge is 2.15. The Kier molecular flexibility index (Phi) is 4.47. The summed E-state index contributed by atoms with van der Waals surface area (Å²) in [7, 11) is 0. The summed E-state index contributed by atoms with van der Waals surface area (Å²) in [6.07, 6.45) is 0. The maximum atomic E-state index is 5.33. The van der Waals surface area contributed by atoms with Gasteiger partial charge in [-0.25, -0.2) is 4.41 Å². The van der Waals surface area contributed by atoms with Gasteiger partial charge in [0.05, 0.1) is 5.55 Å². The number of thiol groups is 1. The molecular formula is C3H8ClN3S2. The molecule has 0 saturated heterocycles. The van der Waals surface area contributed by atoms with Gasteiger partial charge in [0, 0.05) is 6.54 Å². The van der Waals surface area contributed by atoms with Crippen LogP contribution in [0.1, 0.15) is 0 Å². The zero-order valence-electron chi connectivity index (χ0n) is 4.60. The Balaban J connectivity index is 0.000000640. The lowest BCUT2D eigenvalue weighted by molar-refractivity contribution is 0.497. The SMILES string of the molecule is Cl.NCC1SC=NN1S. The molecule has 0 aromatic heterocycles. The first kappa shape index (κ1) is 9.42. The van der Waals surface area contributed by atoms with E-state index in [-0.39, 0.29) is 17.8 Å². The largest absolute Gasteiger partial charge is 0.328 e. The average Bonchev–Trinajstić information content (AvgIpc) is 2.14. The van der Waals surface area contributed by atoms with E-state index in [2.05, 4.69) is 17.9 Å². The zero-order chi connectivity index (χ0) is 5.98. The predicted octanol–water partition coefficient (Wildman–Crippen LogP) is 0.530. The van der Waals surface area contributed by atoms with E-state index in [0.717, 1.165) is 0 Å². The molecule has 1 aliphatic rings. The Bertz CT molecular complexity index is 109.